The van der Waals surface area contributed by atoms with Crippen LogP contribution in [-0.2, 0) is 5.41 Å². The van der Waals surface area contributed by atoms with Crippen LogP contribution >= 0.6 is 34.2 Å². The second kappa shape index (κ2) is 8.09. The van der Waals surface area contributed by atoms with E-state index < -0.39 is 0 Å². The van der Waals surface area contributed by atoms with Gasteiger partial charge in [0, 0.05) is 31.6 Å². The maximum absolute atomic E-state index is 6.40. The van der Waals surface area contributed by atoms with Gasteiger partial charge in [-0.2, -0.15) is 0 Å². The van der Waals surface area contributed by atoms with Crippen molar-refractivity contribution in [1.29, 1.82) is 0 Å². The fraction of sp³-hybridized carbons (Fsp3) is 0.148. The van der Waals surface area contributed by atoms with E-state index in [0.29, 0.717) is 5.02 Å². The van der Waals surface area contributed by atoms with Crippen molar-refractivity contribution < 1.29 is 4.74 Å². The number of rotatable bonds is 3. The van der Waals surface area contributed by atoms with Gasteiger partial charge in [-0.3, -0.25) is 4.57 Å². The molecule has 0 amide bonds. The summed E-state index contributed by atoms with van der Waals surface area (Å²) in [5.41, 5.74) is 3.31. The highest BCUT2D eigenvalue weighted by Gasteiger charge is 2.18. The predicted octanol–water partition coefficient (Wildman–Crippen LogP) is 8.53. The van der Waals surface area contributed by atoms with E-state index in [4.69, 9.17) is 21.3 Å². The molecule has 0 saturated heterocycles. The summed E-state index contributed by atoms with van der Waals surface area (Å²) >= 11 is 8.70. The zero-order chi connectivity index (χ0) is 22.5. The molecule has 0 atom stereocenters. The Morgan fingerprint density at radius 3 is 2.31 bits per heavy atom. The molecule has 0 saturated carbocycles. The van der Waals surface area contributed by atoms with E-state index >= 15 is 0 Å². The van der Waals surface area contributed by atoms with Crippen LogP contribution in [0, 0.1) is 3.57 Å². The van der Waals surface area contributed by atoms with Crippen molar-refractivity contribution >= 4 is 56.0 Å². The van der Waals surface area contributed by atoms with Crippen LogP contribution < -0.4 is 4.74 Å². The highest BCUT2D eigenvalue weighted by Crippen LogP contribution is 2.36. The first-order chi connectivity index (χ1) is 15.3. The summed E-state index contributed by atoms with van der Waals surface area (Å²) < 4.78 is 9.50. The third kappa shape index (κ3) is 3.97. The maximum Gasteiger partial charge on any atom is 0.137 e. The third-order valence-electron chi connectivity index (χ3n) is 5.57. The summed E-state index contributed by atoms with van der Waals surface area (Å²) in [6.45, 7) is 6.63. The number of benzene rings is 3. The highest BCUT2D eigenvalue weighted by molar-refractivity contribution is 14.1. The molecule has 0 N–H and O–H groups in total. The maximum atomic E-state index is 6.40. The van der Waals surface area contributed by atoms with Gasteiger partial charge in [-0.05, 0) is 88.2 Å². The molecule has 0 fully saturated rings. The summed E-state index contributed by atoms with van der Waals surface area (Å²) in [6, 6.07) is 24.5. The van der Waals surface area contributed by atoms with E-state index in [1.54, 1.807) is 0 Å². The molecule has 0 radical (unpaired) electrons. The van der Waals surface area contributed by atoms with Crippen LogP contribution in [0.1, 0.15) is 26.3 Å². The van der Waals surface area contributed by atoms with E-state index in [9.17, 15) is 0 Å². The summed E-state index contributed by atoms with van der Waals surface area (Å²) in [4.78, 5) is 4.73. The molecule has 32 heavy (non-hydrogen) atoms. The van der Waals surface area contributed by atoms with Crippen molar-refractivity contribution in [3.05, 3.63) is 93.1 Å². The van der Waals surface area contributed by atoms with Crippen molar-refractivity contribution in [3.63, 3.8) is 0 Å². The van der Waals surface area contributed by atoms with Gasteiger partial charge >= 0.3 is 0 Å². The Kier molecular flexibility index (Phi) is 5.38. The lowest BCUT2D eigenvalue weighted by Crippen LogP contribution is -2.12. The van der Waals surface area contributed by atoms with E-state index in [2.05, 4.69) is 78.3 Å². The molecule has 2 aromatic heterocycles. The Balaban J connectivity index is 1.75. The average Bonchev–Trinajstić information content (AvgIpc) is 3.06. The van der Waals surface area contributed by atoms with E-state index in [-0.39, 0.29) is 5.41 Å². The molecule has 3 nitrogen and oxygen atoms in total. The van der Waals surface area contributed by atoms with Crippen molar-refractivity contribution in [2.45, 2.75) is 26.2 Å². The SMILES string of the molecule is CC(C)(C)c1ccnc(-n2c3cc(Cl)ccc3c3ccc(Oc4cccc(I)c4)cc32)c1. The van der Waals surface area contributed by atoms with Crippen molar-refractivity contribution in [3.8, 4) is 17.3 Å². The smallest absolute Gasteiger partial charge is 0.137 e. The minimum atomic E-state index is 0.0207. The second-order valence-corrected chi connectivity index (χ2v) is 10.6. The first-order valence-electron chi connectivity index (χ1n) is 10.4. The number of aromatic nitrogens is 2. The quantitative estimate of drug-likeness (QED) is 0.210. The fourth-order valence-corrected chi connectivity index (χ4v) is 4.64. The van der Waals surface area contributed by atoms with Gasteiger partial charge in [-0.25, -0.2) is 4.98 Å². The summed E-state index contributed by atoms with van der Waals surface area (Å²) in [5, 5.41) is 2.96. The first-order valence-corrected chi connectivity index (χ1v) is 11.9. The second-order valence-electron chi connectivity index (χ2n) is 8.89. The van der Waals surface area contributed by atoms with Crippen LogP contribution in [0.4, 0.5) is 0 Å². The Labute approximate surface area is 206 Å². The zero-order valence-electron chi connectivity index (χ0n) is 18.1. The Morgan fingerprint density at radius 2 is 1.56 bits per heavy atom. The molecule has 0 spiro atoms. The summed E-state index contributed by atoms with van der Waals surface area (Å²) in [7, 11) is 0. The minimum Gasteiger partial charge on any atom is -0.457 e. The number of halogens is 2. The van der Waals surface area contributed by atoms with Crippen LogP contribution in [0.15, 0.2) is 79.0 Å². The Morgan fingerprint density at radius 1 is 0.844 bits per heavy atom. The van der Waals surface area contributed by atoms with Gasteiger partial charge in [0.1, 0.15) is 17.3 Å². The number of ether oxygens (including phenoxy) is 1. The van der Waals surface area contributed by atoms with Gasteiger partial charge in [0.25, 0.3) is 0 Å². The van der Waals surface area contributed by atoms with Crippen molar-refractivity contribution in [2.24, 2.45) is 0 Å². The van der Waals surface area contributed by atoms with Gasteiger partial charge in [0.15, 0.2) is 0 Å². The number of pyridine rings is 1. The zero-order valence-corrected chi connectivity index (χ0v) is 21.0. The number of fused-ring (bicyclic) bond motifs is 3. The van der Waals surface area contributed by atoms with Gasteiger partial charge in [-0.1, -0.05) is 44.5 Å². The first kappa shape index (κ1) is 21.3. The lowest BCUT2D eigenvalue weighted by Gasteiger charge is -2.20. The van der Waals surface area contributed by atoms with Crippen molar-refractivity contribution in [1.82, 2.24) is 9.55 Å². The highest BCUT2D eigenvalue weighted by atomic mass is 127. The molecule has 0 aliphatic carbocycles. The molecule has 160 valence electrons. The molecular weight excluding hydrogens is 531 g/mol. The average molecular weight is 553 g/mol. The largest absolute Gasteiger partial charge is 0.457 e. The van der Waals surface area contributed by atoms with E-state index in [1.807, 2.05) is 48.7 Å². The number of nitrogens with zero attached hydrogens (tertiary/aromatic N) is 2. The minimum absolute atomic E-state index is 0.0207. The van der Waals surface area contributed by atoms with Gasteiger partial charge in [-0.15, -0.1) is 0 Å². The van der Waals surface area contributed by atoms with Gasteiger partial charge in [0.2, 0.25) is 0 Å². The van der Waals surface area contributed by atoms with Gasteiger partial charge < -0.3 is 4.74 Å². The molecule has 5 aromatic rings. The standard InChI is InChI=1S/C27H22ClIN2O/c1-27(2,3)17-11-12-30-26(13-17)31-24-14-18(28)7-9-22(24)23-10-8-21(16-25(23)31)32-20-6-4-5-19(29)15-20/h4-16H,1-3H3. The monoisotopic (exact) mass is 552 g/mol. The molecule has 3 aromatic carbocycles. The van der Waals surface area contributed by atoms with Gasteiger partial charge in [0.05, 0.1) is 11.0 Å². The molecule has 0 bridgehead atoms. The molecule has 0 aliphatic heterocycles. The normalized spacial score (nSPS) is 11.9. The summed E-state index contributed by atoms with van der Waals surface area (Å²) in [5.74, 6) is 2.46. The molecule has 5 heteroatoms. The molecule has 0 aliphatic rings. The van der Waals surface area contributed by atoms with E-state index in [1.165, 1.54) is 5.56 Å². The molecule has 5 rings (SSSR count). The van der Waals surface area contributed by atoms with Crippen LogP contribution in [0.5, 0.6) is 11.5 Å². The fourth-order valence-electron chi connectivity index (χ4n) is 3.96. The number of hydrogen-bond donors (Lipinski definition) is 0. The molecular formula is C27H22ClIN2O. The molecule has 2 heterocycles. The topological polar surface area (TPSA) is 27.1 Å². The predicted molar refractivity (Wildman–Crippen MR) is 142 cm³/mol. The number of hydrogen-bond acceptors (Lipinski definition) is 2. The summed E-state index contributed by atoms with van der Waals surface area (Å²) in [6.07, 6.45) is 1.88. The third-order valence-corrected chi connectivity index (χ3v) is 6.48. The van der Waals surface area contributed by atoms with Crippen LogP contribution in [-0.4, -0.2) is 9.55 Å². The van der Waals surface area contributed by atoms with E-state index in [0.717, 1.165) is 42.7 Å². The van der Waals surface area contributed by atoms with Crippen LogP contribution in [0.25, 0.3) is 27.6 Å². The van der Waals surface area contributed by atoms with Crippen LogP contribution in [0.3, 0.4) is 0 Å². The van der Waals surface area contributed by atoms with Crippen LogP contribution in [0.2, 0.25) is 5.02 Å². The lowest BCUT2D eigenvalue weighted by molar-refractivity contribution is 0.483. The Bertz CT molecular complexity index is 1470. The lowest BCUT2D eigenvalue weighted by atomic mass is 9.88. The Hall–Kier alpha value is -2.57. The molecule has 0 unspecified atom stereocenters. The van der Waals surface area contributed by atoms with Crippen molar-refractivity contribution in [2.75, 3.05) is 0 Å².